The van der Waals surface area contributed by atoms with Gasteiger partial charge in [0.25, 0.3) is 5.91 Å². The van der Waals surface area contributed by atoms with Crippen LogP contribution in [-0.4, -0.2) is 49.4 Å². The average Bonchev–Trinajstić information content (AvgIpc) is 3.01. The molecule has 7 heteroatoms. The van der Waals surface area contributed by atoms with Gasteiger partial charge in [-0.05, 0) is 31.3 Å². The van der Waals surface area contributed by atoms with Gasteiger partial charge in [-0.25, -0.2) is 0 Å². The molecule has 1 atom stereocenters. The van der Waals surface area contributed by atoms with Crippen molar-refractivity contribution in [1.29, 1.82) is 0 Å². The van der Waals surface area contributed by atoms with Crippen LogP contribution in [0.1, 0.15) is 28.9 Å². The highest BCUT2D eigenvalue weighted by Crippen LogP contribution is 2.11. The van der Waals surface area contributed by atoms with E-state index in [9.17, 15) is 9.59 Å². The van der Waals surface area contributed by atoms with E-state index in [4.69, 9.17) is 0 Å². The van der Waals surface area contributed by atoms with Gasteiger partial charge in [-0.3, -0.25) is 9.59 Å². The Morgan fingerprint density at radius 1 is 1.48 bits per heavy atom. The van der Waals surface area contributed by atoms with Crippen LogP contribution in [-0.2, 0) is 4.79 Å². The second-order valence-electron chi connectivity index (χ2n) is 4.95. The van der Waals surface area contributed by atoms with Gasteiger partial charge in [-0.1, -0.05) is 6.07 Å². The van der Waals surface area contributed by atoms with Crippen LogP contribution in [0, 0.1) is 0 Å². The molecule has 0 saturated carbocycles. The maximum atomic E-state index is 12.1. The summed E-state index contributed by atoms with van der Waals surface area (Å²) in [5, 5.41) is 7.87. The lowest BCUT2D eigenvalue weighted by Gasteiger charge is -2.32. The minimum atomic E-state index is -0.0976. The number of halogens is 1. The van der Waals surface area contributed by atoms with E-state index in [0.29, 0.717) is 23.9 Å². The number of likely N-dealkylation sites (tertiary alicyclic amines) is 1. The number of carbonyl (C=O) groups excluding carboxylic acids is 2. The van der Waals surface area contributed by atoms with Crippen LogP contribution in [0.2, 0.25) is 0 Å². The lowest BCUT2D eigenvalue weighted by molar-refractivity contribution is -0.132. The Bertz CT molecular complexity index is 453. The number of hydrogen-bond donors (Lipinski definition) is 2. The SMILES string of the molecule is CNC1CCCN(C(=O)CCNC(=O)c2cccs2)C1.Cl. The summed E-state index contributed by atoms with van der Waals surface area (Å²) in [4.78, 5) is 26.4. The Labute approximate surface area is 135 Å². The van der Waals surface area contributed by atoms with Crippen molar-refractivity contribution >= 4 is 35.6 Å². The van der Waals surface area contributed by atoms with Crippen molar-refractivity contribution in [1.82, 2.24) is 15.5 Å². The summed E-state index contributed by atoms with van der Waals surface area (Å²) in [7, 11) is 1.93. The monoisotopic (exact) mass is 331 g/mol. The second kappa shape index (κ2) is 9.02. The van der Waals surface area contributed by atoms with E-state index in [2.05, 4.69) is 10.6 Å². The summed E-state index contributed by atoms with van der Waals surface area (Å²) in [6, 6.07) is 4.02. The Morgan fingerprint density at radius 2 is 2.29 bits per heavy atom. The molecule has 2 rings (SSSR count). The molecule has 0 aromatic carbocycles. The molecule has 2 N–H and O–H groups in total. The zero-order valence-corrected chi connectivity index (χ0v) is 13.8. The fraction of sp³-hybridized carbons (Fsp3) is 0.571. The number of rotatable bonds is 5. The van der Waals surface area contributed by atoms with Crippen molar-refractivity contribution in [2.45, 2.75) is 25.3 Å². The molecule has 1 aliphatic rings. The third-order valence-electron chi connectivity index (χ3n) is 3.55. The number of piperidine rings is 1. The van der Waals surface area contributed by atoms with Gasteiger partial charge in [0, 0.05) is 32.1 Å². The molecule has 1 saturated heterocycles. The van der Waals surface area contributed by atoms with Gasteiger partial charge in [-0.15, -0.1) is 23.7 Å². The number of thiophene rings is 1. The van der Waals surface area contributed by atoms with E-state index in [1.807, 2.05) is 23.4 Å². The van der Waals surface area contributed by atoms with Gasteiger partial charge in [-0.2, -0.15) is 0 Å². The smallest absolute Gasteiger partial charge is 0.261 e. The molecule has 1 unspecified atom stereocenters. The van der Waals surface area contributed by atoms with Gasteiger partial charge in [0.2, 0.25) is 5.91 Å². The number of amides is 2. The average molecular weight is 332 g/mol. The van der Waals surface area contributed by atoms with Gasteiger partial charge < -0.3 is 15.5 Å². The molecule has 1 aliphatic heterocycles. The molecule has 2 amide bonds. The first-order valence-electron chi connectivity index (χ1n) is 6.97. The summed E-state index contributed by atoms with van der Waals surface area (Å²) in [5.74, 6) is 0.0241. The molecule has 5 nitrogen and oxygen atoms in total. The van der Waals surface area contributed by atoms with E-state index in [1.165, 1.54) is 11.3 Å². The summed E-state index contributed by atoms with van der Waals surface area (Å²) in [6.07, 6.45) is 2.53. The van der Waals surface area contributed by atoms with Gasteiger partial charge in [0.15, 0.2) is 0 Å². The predicted octanol–water partition coefficient (Wildman–Crippen LogP) is 1.50. The molecule has 2 heterocycles. The van der Waals surface area contributed by atoms with Crippen molar-refractivity contribution in [3.8, 4) is 0 Å². The van der Waals surface area contributed by atoms with E-state index in [-0.39, 0.29) is 24.2 Å². The van der Waals surface area contributed by atoms with Crippen molar-refractivity contribution in [3.63, 3.8) is 0 Å². The Balaban J connectivity index is 0.00000220. The van der Waals surface area contributed by atoms with Crippen LogP contribution in [0.5, 0.6) is 0 Å². The van der Waals surface area contributed by atoms with E-state index < -0.39 is 0 Å². The molecule has 1 aromatic heterocycles. The number of hydrogen-bond acceptors (Lipinski definition) is 4. The number of carbonyl (C=O) groups is 2. The lowest BCUT2D eigenvalue weighted by atomic mass is 10.1. The topological polar surface area (TPSA) is 61.4 Å². The predicted molar refractivity (Wildman–Crippen MR) is 87.2 cm³/mol. The number of nitrogens with one attached hydrogen (secondary N) is 2. The fourth-order valence-electron chi connectivity index (χ4n) is 2.38. The quantitative estimate of drug-likeness (QED) is 0.859. The first-order chi connectivity index (χ1) is 9.70. The van der Waals surface area contributed by atoms with Crippen LogP contribution < -0.4 is 10.6 Å². The van der Waals surface area contributed by atoms with Crippen LogP contribution in [0.3, 0.4) is 0 Å². The van der Waals surface area contributed by atoms with Crippen molar-refractivity contribution < 1.29 is 9.59 Å². The van der Waals surface area contributed by atoms with Gasteiger partial charge >= 0.3 is 0 Å². The molecular formula is C14H22ClN3O2S. The normalized spacial score (nSPS) is 18.0. The molecule has 1 aromatic rings. The minimum Gasteiger partial charge on any atom is -0.351 e. The maximum absolute atomic E-state index is 12.1. The molecule has 1 fully saturated rings. The highest BCUT2D eigenvalue weighted by atomic mass is 35.5. The number of nitrogens with zero attached hydrogens (tertiary/aromatic N) is 1. The first kappa shape index (κ1) is 17.9. The summed E-state index contributed by atoms with van der Waals surface area (Å²) < 4.78 is 0. The number of likely N-dealkylation sites (N-methyl/N-ethyl adjacent to an activating group) is 1. The Hall–Kier alpha value is -1.11. The molecule has 0 aliphatic carbocycles. The molecule has 21 heavy (non-hydrogen) atoms. The highest BCUT2D eigenvalue weighted by molar-refractivity contribution is 7.12. The van der Waals surface area contributed by atoms with Crippen LogP contribution in [0.25, 0.3) is 0 Å². The summed E-state index contributed by atoms with van der Waals surface area (Å²) in [5.41, 5.74) is 0. The minimum absolute atomic E-state index is 0. The van der Waals surface area contributed by atoms with Crippen molar-refractivity contribution in [3.05, 3.63) is 22.4 Å². The van der Waals surface area contributed by atoms with Crippen LogP contribution >= 0.6 is 23.7 Å². The first-order valence-corrected chi connectivity index (χ1v) is 7.85. The Morgan fingerprint density at radius 3 is 2.95 bits per heavy atom. The standard InChI is InChI=1S/C14H21N3O2S.ClH/c1-15-11-4-2-8-17(10-11)13(18)6-7-16-14(19)12-5-3-9-20-12;/h3,5,9,11,15H,2,4,6-8,10H2,1H3,(H,16,19);1H. The third kappa shape index (κ3) is 5.30. The van der Waals surface area contributed by atoms with Crippen molar-refractivity contribution in [2.75, 3.05) is 26.7 Å². The summed E-state index contributed by atoms with van der Waals surface area (Å²) >= 11 is 1.41. The summed E-state index contributed by atoms with van der Waals surface area (Å²) in [6.45, 7) is 2.00. The lowest BCUT2D eigenvalue weighted by Crippen LogP contribution is -2.47. The van der Waals surface area contributed by atoms with Gasteiger partial charge in [0.1, 0.15) is 0 Å². The highest BCUT2D eigenvalue weighted by Gasteiger charge is 2.22. The maximum Gasteiger partial charge on any atom is 0.261 e. The largest absolute Gasteiger partial charge is 0.351 e. The molecular weight excluding hydrogens is 310 g/mol. The Kier molecular flexibility index (Phi) is 7.71. The zero-order valence-electron chi connectivity index (χ0n) is 12.1. The zero-order chi connectivity index (χ0) is 14.4. The molecule has 0 radical (unpaired) electrons. The van der Waals surface area contributed by atoms with E-state index in [0.717, 1.165) is 25.9 Å². The van der Waals surface area contributed by atoms with Crippen LogP contribution in [0.15, 0.2) is 17.5 Å². The molecule has 0 spiro atoms. The fourth-order valence-corrected chi connectivity index (χ4v) is 3.02. The van der Waals surface area contributed by atoms with Crippen molar-refractivity contribution in [2.24, 2.45) is 0 Å². The van der Waals surface area contributed by atoms with E-state index in [1.54, 1.807) is 6.07 Å². The van der Waals surface area contributed by atoms with E-state index >= 15 is 0 Å². The molecule has 118 valence electrons. The second-order valence-corrected chi connectivity index (χ2v) is 5.90. The molecule has 0 bridgehead atoms. The third-order valence-corrected chi connectivity index (χ3v) is 4.42. The van der Waals surface area contributed by atoms with Crippen LogP contribution in [0.4, 0.5) is 0 Å². The van der Waals surface area contributed by atoms with Gasteiger partial charge in [0.05, 0.1) is 4.88 Å².